The maximum absolute atomic E-state index is 13.3. The fourth-order valence-electron chi connectivity index (χ4n) is 5.56. The Kier molecular flexibility index (Phi) is 2.93. The van der Waals surface area contributed by atoms with Crippen molar-refractivity contribution in [2.24, 2.45) is 11.8 Å². The smallest absolute Gasteiger partial charge is 0.154 e. The number of hydrogen-bond donors (Lipinski definition) is 0. The van der Waals surface area contributed by atoms with Crippen LogP contribution in [0.4, 0.5) is 0 Å². The number of aryl methyl sites for hydroxylation is 3. The molecular formula is C21H24O3. The number of carbonyl (C=O) groups excluding carboxylic acids is 2. The van der Waals surface area contributed by atoms with Crippen LogP contribution >= 0.6 is 0 Å². The van der Waals surface area contributed by atoms with E-state index in [1.54, 1.807) is 0 Å². The molecule has 1 aliphatic carbocycles. The monoisotopic (exact) mass is 324 g/mol. The fourth-order valence-corrected chi connectivity index (χ4v) is 5.56. The lowest BCUT2D eigenvalue weighted by atomic mass is 9.70. The van der Waals surface area contributed by atoms with Gasteiger partial charge in [-0.2, -0.15) is 0 Å². The molecule has 3 nitrogen and oxygen atoms in total. The van der Waals surface area contributed by atoms with Crippen molar-refractivity contribution in [3.8, 4) is 0 Å². The summed E-state index contributed by atoms with van der Waals surface area (Å²) in [5, 5.41) is 0. The molecule has 3 heteroatoms. The summed E-state index contributed by atoms with van der Waals surface area (Å²) in [4.78, 5) is 26.6. The number of benzene rings is 1. The van der Waals surface area contributed by atoms with Crippen LogP contribution in [0.3, 0.4) is 0 Å². The summed E-state index contributed by atoms with van der Waals surface area (Å²) in [7, 11) is 0. The molecule has 0 aromatic heterocycles. The van der Waals surface area contributed by atoms with Crippen LogP contribution in [0, 0.1) is 32.6 Å². The molecule has 126 valence electrons. The van der Waals surface area contributed by atoms with Crippen molar-refractivity contribution in [1.29, 1.82) is 0 Å². The highest BCUT2D eigenvalue weighted by molar-refractivity contribution is 6.18. The predicted molar refractivity (Wildman–Crippen MR) is 92.0 cm³/mol. The quantitative estimate of drug-likeness (QED) is 0.586. The molecule has 24 heavy (non-hydrogen) atoms. The maximum atomic E-state index is 13.3. The minimum Gasteiger partial charge on any atom is -0.359 e. The highest BCUT2D eigenvalue weighted by Gasteiger charge is 2.72. The molecule has 1 aromatic carbocycles. The van der Waals surface area contributed by atoms with E-state index in [0.29, 0.717) is 0 Å². The Balaban J connectivity index is 1.87. The van der Waals surface area contributed by atoms with E-state index < -0.39 is 17.1 Å². The van der Waals surface area contributed by atoms with Crippen molar-refractivity contribution in [1.82, 2.24) is 0 Å². The fraction of sp³-hybridized carbons (Fsp3) is 0.524. The highest BCUT2D eigenvalue weighted by Crippen LogP contribution is 2.62. The lowest BCUT2D eigenvalue weighted by Gasteiger charge is -2.28. The molecule has 1 aromatic rings. The molecule has 1 unspecified atom stereocenters. The molecule has 2 heterocycles. The van der Waals surface area contributed by atoms with Gasteiger partial charge < -0.3 is 4.74 Å². The summed E-state index contributed by atoms with van der Waals surface area (Å²) in [5.41, 5.74) is 3.94. The molecule has 0 radical (unpaired) electrons. The van der Waals surface area contributed by atoms with Crippen molar-refractivity contribution < 1.29 is 14.3 Å². The molecule has 2 bridgehead atoms. The average Bonchev–Trinajstić information content (AvgIpc) is 2.94. The number of Topliss-reactive ketones (excluding diaryl/α,β-unsaturated/α-hetero) is 2. The van der Waals surface area contributed by atoms with Crippen molar-refractivity contribution in [3.63, 3.8) is 0 Å². The van der Waals surface area contributed by atoms with Gasteiger partial charge in [0.1, 0.15) is 5.92 Å². The first-order valence-electron chi connectivity index (χ1n) is 8.65. The van der Waals surface area contributed by atoms with Crippen LogP contribution in [0.5, 0.6) is 0 Å². The molecule has 5 atom stereocenters. The molecule has 0 spiro atoms. The Bertz CT molecular complexity index is 810. The lowest BCUT2D eigenvalue weighted by molar-refractivity contribution is -0.131. The summed E-state index contributed by atoms with van der Waals surface area (Å²) in [5.74, 6) is -1.27. The molecule has 3 aliphatic rings. The number of ether oxygens (including phenoxy) is 1. The van der Waals surface area contributed by atoms with Crippen molar-refractivity contribution in [2.75, 3.05) is 0 Å². The Morgan fingerprint density at radius 3 is 2.04 bits per heavy atom. The van der Waals surface area contributed by atoms with Gasteiger partial charge >= 0.3 is 0 Å². The highest BCUT2D eigenvalue weighted by atomic mass is 16.5. The average molecular weight is 324 g/mol. The van der Waals surface area contributed by atoms with Gasteiger partial charge in [0.15, 0.2) is 11.6 Å². The lowest BCUT2D eigenvalue weighted by Crippen LogP contribution is -2.39. The van der Waals surface area contributed by atoms with Crippen LogP contribution in [0.2, 0.25) is 0 Å². The van der Waals surface area contributed by atoms with Crippen LogP contribution in [-0.4, -0.2) is 22.8 Å². The topological polar surface area (TPSA) is 43.4 Å². The van der Waals surface area contributed by atoms with Gasteiger partial charge in [-0.15, -0.1) is 0 Å². The van der Waals surface area contributed by atoms with Gasteiger partial charge in [-0.3, -0.25) is 9.59 Å². The van der Waals surface area contributed by atoms with Crippen molar-refractivity contribution in [3.05, 3.63) is 46.0 Å². The summed E-state index contributed by atoms with van der Waals surface area (Å²) < 4.78 is 6.20. The van der Waals surface area contributed by atoms with Crippen molar-refractivity contribution in [2.45, 2.75) is 58.7 Å². The van der Waals surface area contributed by atoms with Gasteiger partial charge in [0.25, 0.3) is 0 Å². The summed E-state index contributed by atoms with van der Waals surface area (Å²) >= 11 is 0. The van der Waals surface area contributed by atoms with Gasteiger partial charge in [0, 0.05) is 0 Å². The SMILES string of the molecule is CC1=C[C@]2(C)O[C@@]1(C)[C@H]1C(=O)C(c3c(C)cc(C)cc3C)C(=O)[C@H]12. The van der Waals surface area contributed by atoms with E-state index in [2.05, 4.69) is 18.2 Å². The van der Waals surface area contributed by atoms with E-state index in [0.717, 1.165) is 27.8 Å². The third-order valence-electron chi connectivity index (χ3n) is 6.47. The predicted octanol–water partition coefficient (Wildman–Crippen LogP) is 3.59. The number of fused-ring (bicyclic) bond motifs is 5. The van der Waals surface area contributed by atoms with Gasteiger partial charge in [-0.25, -0.2) is 0 Å². The minimum atomic E-state index is -0.641. The third kappa shape index (κ3) is 1.66. The first-order valence-corrected chi connectivity index (χ1v) is 8.65. The van der Waals surface area contributed by atoms with Crippen LogP contribution in [-0.2, 0) is 14.3 Å². The normalized spacial score (nSPS) is 40.2. The second kappa shape index (κ2) is 4.45. The second-order valence-electron chi connectivity index (χ2n) is 8.23. The first kappa shape index (κ1) is 15.8. The molecule has 1 saturated heterocycles. The number of carbonyl (C=O) groups is 2. The van der Waals surface area contributed by atoms with Gasteiger partial charge in [0.2, 0.25) is 0 Å². The molecule has 0 N–H and O–H groups in total. The zero-order valence-corrected chi connectivity index (χ0v) is 15.2. The standard InChI is InChI=1S/C21H24O3/c1-10-7-11(2)14(12(3)8-10)15-18(22)16-17(19(15)23)21(6)13(4)9-20(16,5)24-21/h7-9,15-17H,1-6H3/t15?,16-,17+,20-,21+/m0/s1. The van der Waals surface area contributed by atoms with E-state index in [4.69, 9.17) is 4.74 Å². The number of ketones is 2. The van der Waals surface area contributed by atoms with Crippen LogP contribution in [0.25, 0.3) is 0 Å². The molecular weight excluding hydrogens is 300 g/mol. The number of hydrogen-bond acceptors (Lipinski definition) is 3. The Morgan fingerprint density at radius 2 is 1.46 bits per heavy atom. The zero-order chi connectivity index (χ0) is 17.6. The minimum absolute atomic E-state index is 0.0371. The Labute approximate surface area is 143 Å². The zero-order valence-electron chi connectivity index (χ0n) is 15.2. The van der Waals surface area contributed by atoms with Crippen molar-refractivity contribution >= 4 is 11.6 Å². The molecule has 4 rings (SSSR count). The van der Waals surface area contributed by atoms with Crippen LogP contribution in [0.15, 0.2) is 23.8 Å². The van der Waals surface area contributed by atoms with Crippen LogP contribution < -0.4 is 0 Å². The molecule has 0 amide bonds. The van der Waals surface area contributed by atoms with Crippen LogP contribution in [0.1, 0.15) is 48.9 Å². The molecule has 2 fully saturated rings. The maximum Gasteiger partial charge on any atom is 0.154 e. The van der Waals surface area contributed by atoms with E-state index in [1.165, 1.54) is 0 Å². The Morgan fingerprint density at radius 1 is 0.917 bits per heavy atom. The van der Waals surface area contributed by atoms with Gasteiger partial charge in [-0.1, -0.05) is 23.8 Å². The second-order valence-corrected chi connectivity index (χ2v) is 8.23. The third-order valence-corrected chi connectivity index (χ3v) is 6.47. The van der Waals surface area contributed by atoms with E-state index in [1.807, 2.05) is 41.5 Å². The molecule has 2 aliphatic heterocycles. The van der Waals surface area contributed by atoms with Gasteiger partial charge in [-0.05, 0) is 63.8 Å². The summed E-state index contributed by atoms with van der Waals surface area (Å²) in [6.07, 6.45) is 2.05. The summed E-state index contributed by atoms with van der Waals surface area (Å²) in [6.45, 7) is 12.0. The van der Waals surface area contributed by atoms with Gasteiger partial charge in [0.05, 0.1) is 23.0 Å². The first-order chi connectivity index (χ1) is 11.1. The van der Waals surface area contributed by atoms with E-state index >= 15 is 0 Å². The molecule has 1 saturated carbocycles. The van der Waals surface area contributed by atoms with E-state index in [-0.39, 0.29) is 23.4 Å². The Hall–Kier alpha value is -1.74. The number of rotatable bonds is 1. The summed E-state index contributed by atoms with van der Waals surface area (Å²) in [6, 6.07) is 4.13. The van der Waals surface area contributed by atoms with E-state index in [9.17, 15) is 9.59 Å². The largest absolute Gasteiger partial charge is 0.359 e.